The van der Waals surface area contributed by atoms with Crippen molar-refractivity contribution < 1.29 is 4.74 Å². The highest BCUT2D eigenvalue weighted by molar-refractivity contribution is 5.36. The first-order valence-electron chi connectivity index (χ1n) is 7.74. The second-order valence-corrected chi connectivity index (χ2v) is 5.84. The van der Waals surface area contributed by atoms with Crippen LogP contribution in [0.1, 0.15) is 25.3 Å². The van der Waals surface area contributed by atoms with E-state index in [1.54, 1.807) is 12.1 Å². The van der Waals surface area contributed by atoms with Crippen molar-refractivity contribution in [2.24, 2.45) is 0 Å². The van der Waals surface area contributed by atoms with E-state index in [1.807, 2.05) is 12.1 Å². The van der Waals surface area contributed by atoms with E-state index in [0.29, 0.717) is 18.2 Å². The van der Waals surface area contributed by atoms with Crippen LogP contribution >= 0.6 is 0 Å². The number of hydrogen-bond acceptors (Lipinski definition) is 4. The van der Waals surface area contributed by atoms with Gasteiger partial charge in [-0.05, 0) is 58.1 Å². The quantitative estimate of drug-likeness (QED) is 0.779. The Balaban J connectivity index is 1.72. The Kier molecular flexibility index (Phi) is 6.04. The van der Waals surface area contributed by atoms with E-state index >= 15 is 0 Å². The van der Waals surface area contributed by atoms with Crippen LogP contribution in [0.2, 0.25) is 0 Å². The number of likely N-dealkylation sites (N-methyl/N-ethyl adjacent to an activating group) is 1. The van der Waals surface area contributed by atoms with E-state index in [0.717, 1.165) is 25.3 Å². The lowest BCUT2D eigenvalue weighted by atomic mass is 10.2. The normalized spacial score (nSPS) is 20.7. The zero-order chi connectivity index (χ0) is 15.1. The Morgan fingerprint density at radius 3 is 3.05 bits per heavy atom. The topological polar surface area (TPSA) is 39.5 Å². The number of benzene rings is 1. The molecule has 1 aromatic carbocycles. The molecule has 0 radical (unpaired) electrons. The van der Waals surface area contributed by atoms with E-state index in [4.69, 9.17) is 10.00 Å². The molecule has 0 aromatic heterocycles. The minimum absolute atomic E-state index is 0.611. The third-order valence-electron chi connectivity index (χ3n) is 4.01. The first kappa shape index (κ1) is 15.8. The Morgan fingerprint density at radius 2 is 2.24 bits per heavy atom. The summed E-state index contributed by atoms with van der Waals surface area (Å²) in [5, 5.41) is 8.86. The van der Waals surface area contributed by atoms with Crippen LogP contribution in [0.15, 0.2) is 24.3 Å². The molecule has 21 heavy (non-hydrogen) atoms. The zero-order valence-corrected chi connectivity index (χ0v) is 13.1. The van der Waals surface area contributed by atoms with Crippen LogP contribution < -0.4 is 4.74 Å². The third-order valence-corrected chi connectivity index (χ3v) is 4.01. The van der Waals surface area contributed by atoms with Gasteiger partial charge in [-0.1, -0.05) is 6.07 Å². The molecule has 1 atom stereocenters. The Bertz CT molecular complexity index is 483. The maximum atomic E-state index is 8.86. The van der Waals surface area contributed by atoms with Gasteiger partial charge in [-0.2, -0.15) is 5.26 Å². The maximum absolute atomic E-state index is 8.86. The molecule has 114 valence electrons. The van der Waals surface area contributed by atoms with Crippen LogP contribution in [0.4, 0.5) is 0 Å². The summed E-state index contributed by atoms with van der Waals surface area (Å²) in [6, 6.07) is 10.1. The van der Waals surface area contributed by atoms with Gasteiger partial charge in [0.15, 0.2) is 0 Å². The van der Waals surface area contributed by atoms with Crippen LogP contribution in [-0.2, 0) is 0 Å². The largest absolute Gasteiger partial charge is 0.494 e. The number of nitriles is 1. The fraction of sp³-hybridized carbons (Fsp3) is 0.588. The molecule has 0 bridgehead atoms. The molecule has 0 amide bonds. The van der Waals surface area contributed by atoms with Crippen molar-refractivity contribution in [1.29, 1.82) is 5.26 Å². The van der Waals surface area contributed by atoms with Gasteiger partial charge in [-0.3, -0.25) is 4.90 Å². The van der Waals surface area contributed by atoms with Crippen molar-refractivity contribution in [3.63, 3.8) is 0 Å². The van der Waals surface area contributed by atoms with Crippen molar-refractivity contribution in [2.75, 3.05) is 39.8 Å². The summed E-state index contributed by atoms with van der Waals surface area (Å²) in [4.78, 5) is 4.97. The highest BCUT2D eigenvalue weighted by atomic mass is 16.5. The molecule has 0 aliphatic carbocycles. The number of nitrogens with zero attached hydrogens (tertiary/aromatic N) is 3. The van der Waals surface area contributed by atoms with Gasteiger partial charge in [0.05, 0.1) is 18.2 Å². The van der Waals surface area contributed by atoms with Crippen molar-refractivity contribution in [3.8, 4) is 11.8 Å². The lowest BCUT2D eigenvalue weighted by Crippen LogP contribution is -2.38. The first-order valence-corrected chi connectivity index (χ1v) is 7.74. The van der Waals surface area contributed by atoms with Gasteiger partial charge >= 0.3 is 0 Å². The Morgan fingerprint density at radius 1 is 1.38 bits per heavy atom. The summed E-state index contributed by atoms with van der Waals surface area (Å²) in [7, 11) is 2.20. The number of ether oxygens (including phenoxy) is 1. The summed E-state index contributed by atoms with van der Waals surface area (Å²) in [6.45, 7) is 7.60. The monoisotopic (exact) mass is 287 g/mol. The highest BCUT2D eigenvalue weighted by Crippen LogP contribution is 2.13. The molecule has 4 nitrogen and oxygen atoms in total. The number of hydrogen-bond donors (Lipinski definition) is 0. The van der Waals surface area contributed by atoms with Crippen LogP contribution in [0.5, 0.6) is 5.75 Å². The molecule has 0 saturated carbocycles. The molecular weight excluding hydrogens is 262 g/mol. The van der Waals surface area contributed by atoms with Crippen LogP contribution in [0, 0.1) is 11.3 Å². The fourth-order valence-electron chi connectivity index (χ4n) is 2.87. The fourth-order valence-corrected chi connectivity index (χ4v) is 2.87. The summed E-state index contributed by atoms with van der Waals surface area (Å²) >= 11 is 0. The molecule has 1 saturated heterocycles. The van der Waals surface area contributed by atoms with Crippen molar-refractivity contribution in [2.45, 2.75) is 25.8 Å². The Hall–Kier alpha value is -1.57. The van der Waals surface area contributed by atoms with Gasteiger partial charge in [0.1, 0.15) is 5.75 Å². The minimum Gasteiger partial charge on any atom is -0.494 e. The number of rotatable bonds is 5. The van der Waals surface area contributed by atoms with Gasteiger partial charge in [0, 0.05) is 19.1 Å². The van der Waals surface area contributed by atoms with E-state index in [9.17, 15) is 0 Å². The first-order chi connectivity index (χ1) is 10.2. The second kappa shape index (κ2) is 8.02. The van der Waals surface area contributed by atoms with E-state index in [2.05, 4.69) is 29.8 Å². The molecule has 1 aliphatic heterocycles. The predicted molar refractivity (Wildman–Crippen MR) is 84.4 cm³/mol. The van der Waals surface area contributed by atoms with Crippen LogP contribution in [0.25, 0.3) is 0 Å². The maximum Gasteiger partial charge on any atom is 0.120 e. The molecule has 1 unspecified atom stereocenters. The predicted octanol–water partition coefficient (Wildman–Crippen LogP) is 2.35. The summed E-state index contributed by atoms with van der Waals surface area (Å²) in [5.41, 5.74) is 0.650. The average molecular weight is 287 g/mol. The summed E-state index contributed by atoms with van der Waals surface area (Å²) < 4.78 is 5.74. The van der Waals surface area contributed by atoms with Gasteiger partial charge in [0.25, 0.3) is 0 Å². The molecule has 1 heterocycles. The molecule has 4 heteroatoms. The van der Waals surface area contributed by atoms with Gasteiger partial charge in [0.2, 0.25) is 0 Å². The minimum atomic E-state index is 0.611. The second-order valence-electron chi connectivity index (χ2n) is 5.84. The average Bonchev–Trinajstić information content (AvgIpc) is 2.64. The molecule has 1 aromatic rings. The smallest absolute Gasteiger partial charge is 0.120 e. The van der Waals surface area contributed by atoms with Crippen molar-refractivity contribution in [3.05, 3.63) is 29.8 Å². The molecule has 2 rings (SSSR count). The molecule has 1 fully saturated rings. The standard InChI is InChI=1S/C17H25N3O/c1-15-14-19(2)8-4-9-20(15)10-5-11-21-17-7-3-6-16(12-17)13-18/h3,6-7,12,15H,4-5,8-11,14H2,1-2H3. The van der Waals surface area contributed by atoms with E-state index in [1.165, 1.54) is 19.5 Å². The van der Waals surface area contributed by atoms with Gasteiger partial charge < -0.3 is 9.64 Å². The van der Waals surface area contributed by atoms with Crippen LogP contribution in [0.3, 0.4) is 0 Å². The van der Waals surface area contributed by atoms with Gasteiger partial charge in [-0.15, -0.1) is 0 Å². The molecule has 1 aliphatic rings. The lowest BCUT2D eigenvalue weighted by Gasteiger charge is -2.27. The Labute approximate surface area is 127 Å². The molecular formula is C17H25N3O. The van der Waals surface area contributed by atoms with E-state index < -0.39 is 0 Å². The van der Waals surface area contributed by atoms with Crippen molar-refractivity contribution in [1.82, 2.24) is 9.80 Å². The zero-order valence-electron chi connectivity index (χ0n) is 13.1. The lowest BCUT2D eigenvalue weighted by molar-refractivity contribution is 0.185. The summed E-state index contributed by atoms with van der Waals surface area (Å²) in [5.74, 6) is 0.790. The van der Waals surface area contributed by atoms with E-state index in [-0.39, 0.29) is 0 Å². The highest BCUT2D eigenvalue weighted by Gasteiger charge is 2.18. The summed E-state index contributed by atoms with van der Waals surface area (Å²) in [6.07, 6.45) is 2.26. The van der Waals surface area contributed by atoms with Gasteiger partial charge in [-0.25, -0.2) is 0 Å². The van der Waals surface area contributed by atoms with Crippen LogP contribution in [-0.4, -0.2) is 55.7 Å². The van der Waals surface area contributed by atoms with Crippen molar-refractivity contribution >= 4 is 0 Å². The SMILES string of the molecule is CC1CN(C)CCCN1CCCOc1cccc(C#N)c1. The molecule has 0 spiro atoms. The third kappa shape index (κ3) is 5.04. The molecule has 0 N–H and O–H groups in total.